The van der Waals surface area contributed by atoms with Crippen molar-refractivity contribution in [2.45, 2.75) is 20.8 Å². The molecule has 0 saturated carbocycles. The number of anilines is 2. The Balaban J connectivity index is 1.84. The van der Waals surface area contributed by atoms with Gasteiger partial charge in [-0.15, -0.1) is 0 Å². The molecule has 134 valence electrons. The molecule has 1 heterocycles. The van der Waals surface area contributed by atoms with Crippen LogP contribution in [-0.2, 0) is 4.79 Å². The van der Waals surface area contributed by atoms with Gasteiger partial charge in [0, 0.05) is 23.5 Å². The van der Waals surface area contributed by atoms with E-state index in [1.165, 1.54) is 6.20 Å². The van der Waals surface area contributed by atoms with Crippen molar-refractivity contribution in [3.05, 3.63) is 77.1 Å². The van der Waals surface area contributed by atoms with Gasteiger partial charge in [0.15, 0.2) is 0 Å². The SMILES string of the molecule is Cc1cc(C)c(NC(=O)/C(C#N)=C\Nc2cccc3cccnc23)c(C)c1. The number of carbonyl (C=O) groups excluding carboxylic acids is 1. The lowest BCUT2D eigenvalue weighted by Crippen LogP contribution is -2.16. The molecule has 0 saturated heterocycles. The molecule has 5 nitrogen and oxygen atoms in total. The molecular weight excluding hydrogens is 336 g/mol. The Bertz CT molecular complexity index is 1060. The molecule has 0 unspecified atom stereocenters. The highest BCUT2D eigenvalue weighted by Crippen LogP contribution is 2.23. The fourth-order valence-corrected chi connectivity index (χ4v) is 3.08. The first-order chi connectivity index (χ1) is 13.0. The highest BCUT2D eigenvalue weighted by atomic mass is 16.1. The highest BCUT2D eigenvalue weighted by Gasteiger charge is 2.13. The van der Waals surface area contributed by atoms with E-state index in [0.29, 0.717) is 0 Å². The van der Waals surface area contributed by atoms with Gasteiger partial charge >= 0.3 is 0 Å². The van der Waals surface area contributed by atoms with E-state index in [-0.39, 0.29) is 5.57 Å². The van der Waals surface area contributed by atoms with Crippen LogP contribution in [-0.4, -0.2) is 10.9 Å². The van der Waals surface area contributed by atoms with Gasteiger partial charge < -0.3 is 10.6 Å². The molecule has 0 fully saturated rings. The molecule has 2 aromatic carbocycles. The van der Waals surface area contributed by atoms with Gasteiger partial charge in [0.1, 0.15) is 11.6 Å². The number of rotatable bonds is 4. The number of para-hydroxylation sites is 1. The number of pyridine rings is 1. The Labute approximate surface area is 158 Å². The molecule has 0 aliphatic heterocycles. The minimum Gasteiger partial charge on any atom is -0.358 e. The predicted octanol–water partition coefficient (Wildman–Crippen LogP) is 4.62. The maximum atomic E-state index is 12.6. The molecule has 3 aromatic rings. The van der Waals surface area contributed by atoms with Crippen LogP contribution in [0.5, 0.6) is 0 Å². The van der Waals surface area contributed by atoms with Crippen molar-refractivity contribution in [2.24, 2.45) is 0 Å². The zero-order valence-electron chi connectivity index (χ0n) is 15.5. The van der Waals surface area contributed by atoms with E-state index >= 15 is 0 Å². The minimum atomic E-state index is -0.451. The van der Waals surface area contributed by atoms with E-state index in [4.69, 9.17) is 0 Å². The van der Waals surface area contributed by atoms with Crippen LogP contribution in [0.2, 0.25) is 0 Å². The number of aromatic nitrogens is 1. The standard InChI is InChI=1S/C22H20N4O/c1-14-10-15(2)20(16(3)11-14)26-22(27)18(12-23)13-25-19-8-4-6-17-7-5-9-24-21(17)19/h4-11,13,25H,1-3H3,(H,26,27)/b18-13-. The maximum absolute atomic E-state index is 12.6. The minimum absolute atomic E-state index is 0.0118. The van der Waals surface area contributed by atoms with E-state index in [9.17, 15) is 10.1 Å². The van der Waals surface area contributed by atoms with Gasteiger partial charge in [-0.25, -0.2) is 0 Å². The second-order valence-corrected chi connectivity index (χ2v) is 6.42. The Morgan fingerprint density at radius 1 is 1.11 bits per heavy atom. The summed E-state index contributed by atoms with van der Waals surface area (Å²) in [4.78, 5) is 16.9. The molecular formula is C22H20N4O. The van der Waals surface area contributed by atoms with Crippen LogP contribution < -0.4 is 10.6 Å². The first kappa shape index (κ1) is 18.2. The van der Waals surface area contributed by atoms with Crippen LogP contribution in [0.25, 0.3) is 10.9 Å². The molecule has 0 atom stereocenters. The average molecular weight is 356 g/mol. The normalized spacial score (nSPS) is 11.1. The van der Waals surface area contributed by atoms with Crippen molar-refractivity contribution in [3.63, 3.8) is 0 Å². The van der Waals surface area contributed by atoms with Crippen LogP contribution in [0.15, 0.2) is 60.4 Å². The molecule has 0 bridgehead atoms. The molecule has 0 aliphatic carbocycles. The third-order valence-electron chi connectivity index (χ3n) is 4.29. The number of fused-ring (bicyclic) bond motifs is 1. The fourth-order valence-electron chi connectivity index (χ4n) is 3.08. The Kier molecular flexibility index (Phi) is 5.18. The lowest BCUT2D eigenvalue weighted by atomic mass is 10.0. The summed E-state index contributed by atoms with van der Waals surface area (Å²) in [5, 5.41) is 16.3. The maximum Gasteiger partial charge on any atom is 0.267 e. The van der Waals surface area contributed by atoms with Crippen molar-refractivity contribution in [2.75, 3.05) is 10.6 Å². The summed E-state index contributed by atoms with van der Waals surface area (Å²) in [6.07, 6.45) is 3.12. The third kappa shape index (κ3) is 3.96. The number of nitrogens with one attached hydrogen (secondary N) is 2. The van der Waals surface area contributed by atoms with Gasteiger partial charge in [-0.1, -0.05) is 35.9 Å². The summed E-state index contributed by atoms with van der Waals surface area (Å²) in [7, 11) is 0. The van der Waals surface area contributed by atoms with Gasteiger partial charge in [-0.05, 0) is 44.0 Å². The molecule has 1 aromatic heterocycles. The summed E-state index contributed by atoms with van der Waals surface area (Å²) < 4.78 is 0. The molecule has 27 heavy (non-hydrogen) atoms. The molecule has 5 heteroatoms. The fraction of sp³-hybridized carbons (Fsp3) is 0.136. The van der Waals surface area contributed by atoms with E-state index in [1.54, 1.807) is 6.20 Å². The van der Waals surface area contributed by atoms with Gasteiger partial charge in [-0.3, -0.25) is 9.78 Å². The summed E-state index contributed by atoms with van der Waals surface area (Å²) in [5.74, 6) is -0.451. The molecule has 3 rings (SSSR count). The summed E-state index contributed by atoms with van der Waals surface area (Å²) in [6, 6.07) is 15.5. The second-order valence-electron chi connectivity index (χ2n) is 6.42. The lowest BCUT2D eigenvalue weighted by Gasteiger charge is -2.12. The van der Waals surface area contributed by atoms with Crippen molar-refractivity contribution in [1.82, 2.24) is 4.98 Å². The van der Waals surface area contributed by atoms with Crippen molar-refractivity contribution < 1.29 is 4.79 Å². The number of benzene rings is 2. The van der Waals surface area contributed by atoms with Gasteiger partial charge in [0.25, 0.3) is 5.91 Å². The molecule has 1 amide bonds. The molecule has 0 aliphatic rings. The number of nitrogens with zero attached hydrogens (tertiary/aromatic N) is 2. The first-order valence-corrected chi connectivity index (χ1v) is 8.59. The molecule has 0 radical (unpaired) electrons. The number of nitriles is 1. The molecule has 2 N–H and O–H groups in total. The van der Waals surface area contributed by atoms with Crippen molar-refractivity contribution in [3.8, 4) is 6.07 Å². The monoisotopic (exact) mass is 356 g/mol. The quantitative estimate of drug-likeness (QED) is 0.528. The topological polar surface area (TPSA) is 77.8 Å². The Morgan fingerprint density at radius 3 is 2.52 bits per heavy atom. The Morgan fingerprint density at radius 2 is 1.81 bits per heavy atom. The lowest BCUT2D eigenvalue weighted by molar-refractivity contribution is -0.112. The summed E-state index contributed by atoms with van der Waals surface area (Å²) >= 11 is 0. The van der Waals surface area contributed by atoms with Gasteiger partial charge in [0.2, 0.25) is 0 Å². The zero-order valence-corrected chi connectivity index (χ0v) is 15.5. The van der Waals surface area contributed by atoms with Crippen LogP contribution in [0.1, 0.15) is 16.7 Å². The summed E-state index contributed by atoms with van der Waals surface area (Å²) in [6.45, 7) is 5.88. The van der Waals surface area contributed by atoms with Crippen LogP contribution >= 0.6 is 0 Å². The number of hydrogen-bond acceptors (Lipinski definition) is 4. The van der Waals surface area contributed by atoms with Crippen molar-refractivity contribution >= 4 is 28.2 Å². The van der Waals surface area contributed by atoms with Gasteiger partial charge in [0.05, 0.1) is 11.2 Å². The van der Waals surface area contributed by atoms with Crippen LogP contribution in [0.4, 0.5) is 11.4 Å². The average Bonchev–Trinajstić information content (AvgIpc) is 2.65. The predicted molar refractivity (Wildman–Crippen MR) is 108 cm³/mol. The van der Waals surface area contributed by atoms with Crippen LogP contribution in [0, 0.1) is 32.1 Å². The Hall–Kier alpha value is -3.65. The number of aryl methyl sites for hydroxylation is 3. The number of amides is 1. The molecule has 0 spiro atoms. The third-order valence-corrected chi connectivity index (χ3v) is 4.29. The summed E-state index contributed by atoms with van der Waals surface area (Å²) in [5.41, 5.74) is 5.29. The number of carbonyl (C=O) groups is 1. The largest absolute Gasteiger partial charge is 0.358 e. The highest BCUT2D eigenvalue weighted by molar-refractivity contribution is 6.07. The number of hydrogen-bond donors (Lipinski definition) is 2. The van der Waals surface area contributed by atoms with Crippen LogP contribution in [0.3, 0.4) is 0 Å². The van der Waals surface area contributed by atoms with E-state index in [0.717, 1.165) is 39.0 Å². The second kappa shape index (κ2) is 7.71. The smallest absolute Gasteiger partial charge is 0.267 e. The van der Waals surface area contributed by atoms with Crippen molar-refractivity contribution in [1.29, 1.82) is 5.26 Å². The first-order valence-electron chi connectivity index (χ1n) is 8.59. The van der Waals surface area contributed by atoms with E-state index in [1.807, 2.05) is 69.3 Å². The zero-order chi connectivity index (χ0) is 19.4. The van der Waals surface area contributed by atoms with Gasteiger partial charge in [-0.2, -0.15) is 5.26 Å². The van der Waals surface area contributed by atoms with E-state index < -0.39 is 5.91 Å². The van der Waals surface area contributed by atoms with E-state index in [2.05, 4.69) is 15.6 Å².